The molecule has 5 nitrogen and oxygen atoms in total. The summed E-state index contributed by atoms with van der Waals surface area (Å²) in [6.07, 6.45) is 0. The molecule has 0 spiro atoms. The molecule has 1 aliphatic heterocycles. The molecule has 1 aliphatic rings. The van der Waals surface area contributed by atoms with E-state index < -0.39 is 0 Å². The third-order valence-corrected chi connectivity index (χ3v) is 5.61. The fraction of sp³-hybridized carbons (Fsp3) is 0.333. The Hall–Kier alpha value is -2.25. The van der Waals surface area contributed by atoms with Gasteiger partial charge in [0, 0.05) is 25.3 Å². The van der Waals surface area contributed by atoms with Gasteiger partial charge in [-0.25, -0.2) is 9.37 Å². The van der Waals surface area contributed by atoms with Gasteiger partial charge in [-0.05, 0) is 37.6 Å². The van der Waals surface area contributed by atoms with Crippen LogP contribution in [0.5, 0.6) is 0 Å². The first-order valence-corrected chi connectivity index (χ1v) is 9.12. The molecule has 130 valence electrons. The van der Waals surface area contributed by atoms with Gasteiger partial charge in [-0.1, -0.05) is 23.5 Å². The van der Waals surface area contributed by atoms with Gasteiger partial charge in [-0.2, -0.15) is 5.10 Å². The Labute approximate surface area is 150 Å². The van der Waals surface area contributed by atoms with Crippen molar-refractivity contribution in [3.63, 3.8) is 0 Å². The Bertz CT molecular complexity index is 870. The first-order valence-electron chi connectivity index (χ1n) is 8.30. The highest BCUT2D eigenvalue weighted by Gasteiger charge is 2.24. The second kappa shape index (κ2) is 6.57. The van der Waals surface area contributed by atoms with Crippen LogP contribution in [-0.4, -0.2) is 39.8 Å². The number of aromatic amines is 1. The summed E-state index contributed by atoms with van der Waals surface area (Å²) in [4.78, 5) is 10.5. The van der Waals surface area contributed by atoms with E-state index in [-0.39, 0.29) is 5.82 Å². The summed E-state index contributed by atoms with van der Waals surface area (Å²) in [5.41, 5.74) is 4.16. The Kier molecular flexibility index (Phi) is 4.27. The number of H-pyrrole nitrogens is 1. The van der Waals surface area contributed by atoms with Crippen molar-refractivity contribution in [1.29, 1.82) is 0 Å². The van der Waals surface area contributed by atoms with Gasteiger partial charge in [0.15, 0.2) is 5.13 Å². The van der Waals surface area contributed by atoms with Crippen molar-refractivity contribution in [2.24, 2.45) is 0 Å². The Morgan fingerprint density at radius 3 is 2.72 bits per heavy atom. The molecule has 0 atom stereocenters. The number of nitrogens with zero attached hydrogens (tertiary/aromatic N) is 4. The number of hydrogen-bond acceptors (Lipinski definition) is 5. The van der Waals surface area contributed by atoms with Gasteiger partial charge in [-0.3, -0.25) is 10.00 Å². The van der Waals surface area contributed by atoms with Crippen LogP contribution in [0.4, 0.5) is 9.52 Å². The second-order valence-corrected chi connectivity index (χ2v) is 7.41. The summed E-state index contributed by atoms with van der Waals surface area (Å²) in [5, 5.41) is 8.38. The third kappa shape index (κ3) is 3.43. The molecule has 0 saturated carbocycles. The van der Waals surface area contributed by atoms with Crippen LogP contribution in [-0.2, 0) is 6.54 Å². The number of halogens is 1. The number of thiazole rings is 1. The van der Waals surface area contributed by atoms with Gasteiger partial charge >= 0.3 is 0 Å². The molecule has 4 rings (SSSR count). The van der Waals surface area contributed by atoms with Crippen molar-refractivity contribution in [1.82, 2.24) is 20.1 Å². The van der Waals surface area contributed by atoms with Crippen LogP contribution in [0.1, 0.15) is 17.0 Å². The molecule has 0 unspecified atom stereocenters. The third-order valence-electron chi connectivity index (χ3n) is 4.37. The molecular formula is C18H20FN5S. The fourth-order valence-corrected chi connectivity index (χ4v) is 4.11. The summed E-state index contributed by atoms with van der Waals surface area (Å²) in [6.45, 7) is 7.63. The smallest absolute Gasteiger partial charge is 0.187 e. The van der Waals surface area contributed by atoms with Crippen molar-refractivity contribution in [3.8, 4) is 10.6 Å². The average molecular weight is 357 g/mol. The molecule has 2 aromatic heterocycles. The number of anilines is 1. The first kappa shape index (κ1) is 16.2. The van der Waals surface area contributed by atoms with E-state index in [0.717, 1.165) is 59.0 Å². The number of hydrogen-bond donors (Lipinski definition) is 1. The van der Waals surface area contributed by atoms with Crippen LogP contribution in [0.2, 0.25) is 0 Å². The molecule has 0 radical (unpaired) electrons. The standard InChI is InChI=1S/C18H20FN5S/c1-12-9-16(22-21-12)17-13(2)20-18(25-17)24-8-7-23(11-24)10-14-3-5-15(19)6-4-14/h3-6,9H,7-8,10-11H2,1-2H3,(H,21,22). The summed E-state index contributed by atoms with van der Waals surface area (Å²) < 4.78 is 13.0. The fourth-order valence-electron chi connectivity index (χ4n) is 3.07. The van der Waals surface area contributed by atoms with Crippen LogP contribution in [0.25, 0.3) is 10.6 Å². The van der Waals surface area contributed by atoms with Crippen molar-refractivity contribution >= 4 is 16.5 Å². The average Bonchev–Trinajstić information content (AvgIpc) is 3.30. The number of rotatable bonds is 4. The lowest BCUT2D eigenvalue weighted by molar-refractivity contribution is 0.334. The van der Waals surface area contributed by atoms with E-state index >= 15 is 0 Å². The monoisotopic (exact) mass is 357 g/mol. The Morgan fingerprint density at radius 1 is 1.20 bits per heavy atom. The van der Waals surface area contributed by atoms with Crippen LogP contribution in [0, 0.1) is 19.7 Å². The zero-order valence-electron chi connectivity index (χ0n) is 14.3. The van der Waals surface area contributed by atoms with Crippen LogP contribution < -0.4 is 4.90 Å². The predicted octanol–water partition coefficient (Wildman–Crippen LogP) is 3.57. The summed E-state index contributed by atoms with van der Waals surface area (Å²) in [6, 6.07) is 8.79. The van der Waals surface area contributed by atoms with Crippen molar-refractivity contribution in [2.45, 2.75) is 20.4 Å². The maximum Gasteiger partial charge on any atom is 0.187 e. The minimum absolute atomic E-state index is 0.189. The molecule has 1 N–H and O–H groups in total. The van der Waals surface area contributed by atoms with E-state index in [0.29, 0.717) is 0 Å². The maximum atomic E-state index is 13.0. The molecule has 1 fully saturated rings. The van der Waals surface area contributed by atoms with Crippen LogP contribution in [0.3, 0.4) is 0 Å². The van der Waals surface area contributed by atoms with Crippen molar-refractivity contribution in [3.05, 3.63) is 53.1 Å². The van der Waals surface area contributed by atoms with Gasteiger partial charge in [0.2, 0.25) is 0 Å². The van der Waals surface area contributed by atoms with E-state index in [4.69, 9.17) is 4.98 Å². The molecule has 0 bridgehead atoms. The Balaban J connectivity index is 1.46. The van der Waals surface area contributed by atoms with Crippen molar-refractivity contribution < 1.29 is 4.39 Å². The quantitative estimate of drug-likeness (QED) is 0.775. The summed E-state index contributed by atoms with van der Waals surface area (Å²) in [5.74, 6) is -0.189. The lowest BCUT2D eigenvalue weighted by Gasteiger charge is -2.17. The lowest BCUT2D eigenvalue weighted by Crippen LogP contribution is -2.24. The molecular weight excluding hydrogens is 337 g/mol. The van der Waals surface area contributed by atoms with E-state index in [1.165, 1.54) is 12.1 Å². The largest absolute Gasteiger partial charge is 0.334 e. The number of benzene rings is 1. The minimum atomic E-state index is -0.189. The zero-order valence-corrected chi connectivity index (χ0v) is 15.1. The highest BCUT2D eigenvalue weighted by Crippen LogP contribution is 2.34. The van der Waals surface area contributed by atoms with Gasteiger partial charge in [0.25, 0.3) is 0 Å². The number of aryl methyl sites for hydroxylation is 2. The van der Waals surface area contributed by atoms with E-state index in [2.05, 4.69) is 26.1 Å². The molecule has 25 heavy (non-hydrogen) atoms. The molecule has 3 heterocycles. The topological polar surface area (TPSA) is 48.1 Å². The van der Waals surface area contributed by atoms with Crippen molar-refractivity contribution in [2.75, 3.05) is 24.7 Å². The maximum absolute atomic E-state index is 13.0. The number of aromatic nitrogens is 3. The first-order chi connectivity index (χ1) is 12.1. The van der Waals surface area contributed by atoms with Gasteiger partial charge in [0.05, 0.1) is 17.2 Å². The number of nitrogens with one attached hydrogen (secondary N) is 1. The molecule has 7 heteroatoms. The van der Waals surface area contributed by atoms with Gasteiger partial charge < -0.3 is 4.90 Å². The SMILES string of the molecule is Cc1cc(-c2sc(N3CCN(Cc4ccc(F)cc4)C3)nc2C)n[nH]1. The molecule has 3 aromatic rings. The predicted molar refractivity (Wildman–Crippen MR) is 98.2 cm³/mol. The lowest BCUT2D eigenvalue weighted by atomic mass is 10.2. The van der Waals surface area contributed by atoms with Gasteiger partial charge in [0.1, 0.15) is 11.5 Å². The van der Waals surface area contributed by atoms with Crippen LogP contribution in [0.15, 0.2) is 30.3 Å². The van der Waals surface area contributed by atoms with Crippen LogP contribution >= 0.6 is 11.3 Å². The highest BCUT2D eigenvalue weighted by atomic mass is 32.1. The van der Waals surface area contributed by atoms with Gasteiger partial charge in [-0.15, -0.1) is 0 Å². The minimum Gasteiger partial charge on any atom is -0.334 e. The second-order valence-electron chi connectivity index (χ2n) is 6.43. The summed E-state index contributed by atoms with van der Waals surface area (Å²) >= 11 is 1.69. The normalized spacial score (nSPS) is 15.2. The van der Waals surface area contributed by atoms with E-state index in [1.54, 1.807) is 11.3 Å². The highest BCUT2D eigenvalue weighted by molar-refractivity contribution is 7.19. The zero-order chi connectivity index (χ0) is 17.4. The molecule has 1 aromatic carbocycles. The molecule has 0 amide bonds. The molecule has 0 aliphatic carbocycles. The summed E-state index contributed by atoms with van der Waals surface area (Å²) in [7, 11) is 0. The molecule has 1 saturated heterocycles. The van der Waals surface area contributed by atoms with E-state index in [1.807, 2.05) is 26.0 Å². The van der Waals surface area contributed by atoms with E-state index in [9.17, 15) is 4.39 Å². The Morgan fingerprint density at radius 2 is 2.00 bits per heavy atom.